The molecule has 1 N–H and O–H groups in total. The molecule has 3 aromatic heterocycles. The van der Waals surface area contributed by atoms with E-state index in [1.54, 1.807) is 33.4 Å². The molecule has 134 valence electrons. The van der Waals surface area contributed by atoms with Gasteiger partial charge in [0.25, 0.3) is 0 Å². The van der Waals surface area contributed by atoms with E-state index < -0.39 is 0 Å². The van der Waals surface area contributed by atoms with Crippen LogP contribution in [0.2, 0.25) is 0 Å². The number of thiazole rings is 1. The second kappa shape index (κ2) is 6.11. The molecule has 2 atom stereocenters. The zero-order chi connectivity index (χ0) is 17.8. The van der Waals surface area contributed by atoms with E-state index in [4.69, 9.17) is 4.98 Å². The molecule has 0 amide bonds. The van der Waals surface area contributed by atoms with Crippen molar-refractivity contribution in [2.75, 3.05) is 6.54 Å². The fourth-order valence-corrected chi connectivity index (χ4v) is 6.16. The Balaban J connectivity index is 1.51. The van der Waals surface area contributed by atoms with Gasteiger partial charge in [-0.1, -0.05) is 0 Å². The van der Waals surface area contributed by atoms with Gasteiger partial charge in [0.15, 0.2) is 5.82 Å². The first-order chi connectivity index (χ1) is 12.6. The van der Waals surface area contributed by atoms with Gasteiger partial charge in [-0.05, 0) is 50.4 Å². The first kappa shape index (κ1) is 16.4. The molecule has 0 spiro atoms. The number of fused-ring (bicyclic) bond motifs is 2. The van der Waals surface area contributed by atoms with Gasteiger partial charge in [-0.2, -0.15) is 5.10 Å². The van der Waals surface area contributed by atoms with Crippen LogP contribution in [-0.4, -0.2) is 27.4 Å². The molecule has 7 heteroatoms. The van der Waals surface area contributed by atoms with Gasteiger partial charge in [0.05, 0.1) is 4.70 Å². The third-order valence-electron chi connectivity index (χ3n) is 5.06. The normalized spacial score (nSPS) is 21.0. The van der Waals surface area contributed by atoms with Crippen molar-refractivity contribution in [2.24, 2.45) is 7.05 Å². The van der Waals surface area contributed by atoms with Gasteiger partial charge in [-0.15, -0.1) is 22.7 Å². The van der Waals surface area contributed by atoms with Crippen LogP contribution in [0.4, 0.5) is 4.39 Å². The van der Waals surface area contributed by atoms with Gasteiger partial charge in [0, 0.05) is 35.1 Å². The van der Waals surface area contributed by atoms with Gasteiger partial charge >= 0.3 is 0 Å². The molecule has 0 unspecified atom stereocenters. The van der Waals surface area contributed by atoms with E-state index in [2.05, 4.69) is 23.4 Å². The van der Waals surface area contributed by atoms with Crippen LogP contribution >= 0.6 is 22.7 Å². The molecule has 0 radical (unpaired) electrons. The van der Waals surface area contributed by atoms with Gasteiger partial charge < -0.3 is 5.32 Å². The van der Waals surface area contributed by atoms with Crippen molar-refractivity contribution < 1.29 is 4.39 Å². The van der Waals surface area contributed by atoms with Crippen LogP contribution in [0.1, 0.15) is 30.6 Å². The third kappa shape index (κ3) is 2.74. The summed E-state index contributed by atoms with van der Waals surface area (Å²) in [6.45, 7) is 3.34. The SMILES string of the molecule is C[C@@H]1C[C@@H](c2cc3sc(-c4cc(F)c5nn(C)cc5c4)nc3s2)CCN1. The molecule has 1 aromatic carbocycles. The van der Waals surface area contributed by atoms with Crippen molar-refractivity contribution in [1.29, 1.82) is 0 Å². The Morgan fingerprint density at radius 1 is 1.27 bits per heavy atom. The van der Waals surface area contributed by atoms with E-state index in [0.717, 1.165) is 27.3 Å². The number of aromatic nitrogens is 3. The van der Waals surface area contributed by atoms with Crippen molar-refractivity contribution >= 4 is 43.1 Å². The predicted octanol–water partition coefficient (Wildman–Crippen LogP) is 4.91. The van der Waals surface area contributed by atoms with Gasteiger partial charge in [-0.25, -0.2) is 9.37 Å². The Morgan fingerprint density at radius 2 is 2.15 bits per heavy atom. The fourth-order valence-electron chi connectivity index (χ4n) is 3.80. The summed E-state index contributed by atoms with van der Waals surface area (Å²) in [7, 11) is 1.81. The molecular formula is C19H19FN4S2. The number of nitrogens with zero attached hydrogens (tertiary/aromatic N) is 3. The number of nitrogens with one attached hydrogen (secondary N) is 1. The Labute approximate surface area is 158 Å². The Hall–Kier alpha value is -1.83. The number of benzene rings is 1. The number of rotatable bonds is 2. The smallest absolute Gasteiger partial charge is 0.152 e. The summed E-state index contributed by atoms with van der Waals surface area (Å²) in [5, 5.41) is 9.37. The van der Waals surface area contributed by atoms with Crippen molar-refractivity contribution in [3.05, 3.63) is 35.1 Å². The van der Waals surface area contributed by atoms with Crippen LogP contribution in [0.5, 0.6) is 0 Å². The fraction of sp³-hybridized carbons (Fsp3) is 0.368. The standard InChI is InChI=1S/C19H19FN4S2/c1-10-5-11(3-4-21-10)15-8-16-19(25-15)22-18(26-16)12-6-13-9-24(2)23-17(13)14(20)7-12/h6-11,21H,3-5H2,1-2H3/t10-,11+/m1/s1. The van der Waals surface area contributed by atoms with E-state index in [9.17, 15) is 4.39 Å². The topological polar surface area (TPSA) is 42.7 Å². The van der Waals surface area contributed by atoms with Crippen LogP contribution in [0.3, 0.4) is 0 Å². The summed E-state index contributed by atoms with van der Waals surface area (Å²) >= 11 is 3.44. The first-order valence-corrected chi connectivity index (χ1v) is 10.5. The highest BCUT2D eigenvalue weighted by Crippen LogP contribution is 2.41. The van der Waals surface area contributed by atoms with E-state index >= 15 is 0 Å². The lowest BCUT2D eigenvalue weighted by molar-refractivity contribution is 0.384. The number of aryl methyl sites for hydroxylation is 1. The lowest BCUT2D eigenvalue weighted by atomic mass is 9.92. The van der Waals surface area contributed by atoms with Crippen molar-refractivity contribution in [3.8, 4) is 10.6 Å². The van der Waals surface area contributed by atoms with Crippen LogP contribution in [-0.2, 0) is 7.05 Å². The van der Waals surface area contributed by atoms with Crippen LogP contribution in [0.25, 0.3) is 31.0 Å². The highest BCUT2D eigenvalue weighted by Gasteiger charge is 2.23. The molecule has 1 aliphatic rings. The minimum absolute atomic E-state index is 0.291. The summed E-state index contributed by atoms with van der Waals surface area (Å²) < 4.78 is 17.2. The van der Waals surface area contributed by atoms with E-state index in [0.29, 0.717) is 17.5 Å². The molecule has 4 aromatic rings. The maximum absolute atomic E-state index is 14.4. The third-order valence-corrected chi connectivity index (χ3v) is 7.43. The molecule has 1 fully saturated rings. The number of hydrogen-bond acceptors (Lipinski definition) is 5. The van der Waals surface area contributed by atoms with Crippen LogP contribution < -0.4 is 5.32 Å². The summed E-state index contributed by atoms with van der Waals surface area (Å²) in [6, 6.07) is 6.39. The zero-order valence-electron chi connectivity index (χ0n) is 14.6. The molecule has 0 aliphatic carbocycles. The highest BCUT2D eigenvalue weighted by molar-refractivity contribution is 7.28. The highest BCUT2D eigenvalue weighted by atomic mass is 32.1. The first-order valence-electron chi connectivity index (χ1n) is 8.84. The largest absolute Gasteiger partial charge is 0.314 e. The Bertz CT molecular complexity index is 1080. The summed E-state index contributed by atoms with van der Waals surface area (Å²) in [6.07, 6.45) is 4.21. The summed E-state index contributed by atoms with van der Waals surface area (Å²) in [5.41, 5.74) is 1.24. The van der Waals surface area contributed by atoms with Gasteiger partial charge in [0.2, 0.25) is 0 Å². The maximum atomic E-state index is 14.4. The van der Waals surface area contributed by atoms with Crippen molar-refractivity contribution in [2.45, 2.75) is 31.7 Å². The Kier molecular flexibility index (Phi) is 3.84. The molecule has 26 heavy (non-hydrogen) atoms. The molecule has 5 rings (SSSR count). The van der Waals surface area contributed by atoms with Crippen LogP contribution in [0.15, 0.2) is 24.4 Å². The van der Waals surface area contributed by atoms with Crippen molar-refractivity contribution in [3.63, 3.8) is 0 Å². The summed E-state index contributed by atoms with van der Waals surface area (Å²) in [4.78, 5) is 7.30. The lowest BCUT2D eigenvalue weighted by Gasteiger charge is -2.27. The van der Waals surface area contributed by atoms with Crippen LogP contribution in [0, 0.1) is 5.82 Å². The maximum Gasteiger partial charge on any atom is 0.152 e. The quantitative estimate of drug-likeness (QED) is 0.532. The monoisotopic (exact) mass is 386 g/mol. The van der Waals surface area contributed by atoms with Crippen molar-refractivity contribution in [1.82, 2.24) is 20.1 Å². The lowest BCUT2D eigenvalue weighted by Crippen LogP contribution is -2.34. The number of halogens is 1. The minimum atomic E-state index is -0.291. The van der Waals surface area contributed by atoms with E-state index in [1.165, 1.54) is 22.4 Å². The number of thiophene rings is 1. The predicted molar refractivity (Wildman–Crippen MR) is 107 cm³/mol. The molecular weight excluding hydrogens is 367 g/mol. The van der Waals surface area contributed by atoms with E-state index in [-0.39, 0.29) is 5.82 Å². The van der Waals surface area contributed by atoms with E-state index in [1.807, 2.05) is 19.3 Å². The molecule has 4 heterocycles. The number of piperidine rings is 1. The molecule has 4 nitrogen and oxygen atoms in total. The summed E-state index contributed by atoms with van der Waals surface area (Å²) in [5.74, 6) is 0.339. The number of hydrogen-bond donors (Lipinski definition) is 1. The van der Waals surface area contributed by atoms with Gasteiger partial charge in [-0.3, -0.25) is 4.68 Å². The molecule has 0 saturated carbocycles. The average molecular weight is 387 g/mol. The average Bonchev–Trinajstić information content (AvgIpc) is 3.26. The Morgan fingerprint density at radius 3 is 2.96 bits per heavy atom. The molecule has 0 bridgehead atoms. The second-order valence-electron chi connectivity index (χ2n) is 7.11. The zero-order valence-corrected chi connectivity index (χ0v) is 16.3. The molecule has 1 aliphatic heterocycles. The minimum Gasteiger partial charge on any atom is -0.314 e. The van der Waals surface area contributed by atoms with Gasteiger partial charge in [0.1, 0.15) is 15.4 Å². The second-order valence-corrected chi connectivity index (χ2v) is 9.21. The molecule has 1 saturated heterocycles.